The first kappa shape index (κ1) is 10.4. The average Bonchev–Trinajstić information content (AvgIpc) is 2.66. The number of piperidine rings is 1. The fourth-order valence-corrected chi connectivity index (χ4v) is 2.44. The molecule has 2 atom stereocenters. The number of anilines is 1. The lowest BCUT2D eigenvalue weighted by Gasteiger charge is -2.28. The largest absolute Gasteiger partial charge is 0.508 e. The van der Waals surface area contributed by atoms with E-state index in [4.69, 9.17) is 4.74 Å². The summed E-state index contributed by atoms with van der Waals surface area (Å²) in [4.78, 5) is 13.5. The van der Waals surface area contributed by atoms with Gasteiger partial charge in [-0.25, -0.2) is 4.79 Å². The fourth-order valence-electron chi connectivity index (χ4n) is 2.44. The van der Waals surface area contributed by atoms with Crippen LogP contribution in [-0.4, -0.2) is 36.4 Å². The van der Waals surface area contributed by atoms with Crippen molar-refractivity contribution in [2.45, 2.75) is 18.6 Å². The molecule has 2 N–H and O–H groups in total. The fraction of sp³-hybridized carbons (Fsp3) is 0.417. The van der Waals surface area contributed by atoms with Crippen molar-refractivity contribution in [3.63, 3.8) is 0 Å². The number of phenols is 1. The van der Waals surface area contributed by atoms with Gasteiger partial charge in [-0.3, -0.25) is 4.90 Å². The number of aromatic hydroxyl groups is 1. The van der Waals surface area contributed by atoms with Crippen LogP contribution >= 0.6 is 0 Å². The van der Waals surface area contributed by atoms with Gasteiger partial charge in [0.05, 0.1) is 6.04 Å². The van der Waals surface area contributed by atoms with E-state index in [9.17, 15) is 9.90 Å². The third-order valence-electron chi connectivity index (χ3n) is 3.30. The molecule has 2 fully saturated rings. The van der Waals surface area contributed by atoms with Crippen LogP contribution in [-0.2, 0) is 4.74 Å². The minimum atomic E-state index is -0.297. The van der Waals surface area contributed by atoms with E-state index >= 15 is 0 Å². The van der Waals surface area contributed by atoms with Gasteiger partial charge in [-0.15, -0.1) is 0 Å². The second-order valence-electron chi connectivity index (χ2n) is 4.37. The van der Waals surface area contributed by atoms with Crippen LogP contribution < -0.4 is 10.2 Å². The molecular formula is C12H14N2O3. The SMILES string of the molecule is O=C1OC2CCNCC2N1c1ccc(O)cc1. The van der Waals surface area contributed by atoms with Gasteiger partial charge in [-0.05, 0) is 37.2 Å². The van der Waals surface area contributed by atoms with E-state index in [2.05, 4.69) is 5.32 Å². The van der Waals surface area contributed by atoms with Gasteiger partial charge in [0.15, 0.2) is 0 Å². The summed E-state index contributed by atoms with van der Waals surface area (Å²) in [5.74, 6) is 0.194. The van der Waals surface area contributed by atoms with Crippen LogP contribution in [0.1, 0.15) is 6.42 Å². The van der Waals surface area contributed by atoms with Crippen LogP contribution in [0.4, 0.5) is 10.5 Å². The van der Waals surface area contributed by atoms with E-state index in [1.807, 2.05) is 0 Å². The van der Waals surface area contributed by atoms with Gasteiger partial charge < -0.3 is 15.2 Å². The molecule has 2 unspecified atom stereocenters. The van der Waals surface area contributed by atoms with Crippen LogP contribution in [0.2, 0.25) is 0 Å². The molecule has 5 nitrogen and oxygen atoms in total. The first-order valence-corrected chi connectivity index (χ1v) is 5.75. The van der Waals surface area contributed by atoms with Gasteiger partial charge in [0.1, 0.15) is 11.9 Å². The lowest BCUT2D eigenvalue weighted by atomic mass is 10.0. The lowest BCUT2D eigenvalue weighted by Crippen LogP contribution is -2.49. The van der Waals surface area contributed by atoms with Gasteiger partial charge in [0, 0.05) is 12.2 Å². The normalized spacial score (nSPS) is 27.8. The van der Waals surface area contributed by atoms with Crippen molar-refractivity contribution in [1.82, 2.24) is 5.32 Å². The number of carbonyl (C=O) groups is 1. The molecular weight excluding hydrogens is 220 g/mol. The number of nitrogens with one attached hydrogen (secondary N) is 1. The minimum Gasteiger partial charge on any atom is -0.508 e. The van der Waals surface area contributed by atoms with Crippen molar-refractivity contribution >= 4 is 11.8 Å². The quantitative estimate of drug-likeness (QED) is 0.763. The van der Waals surface area contributed by atoms with Crippen molar-refractivity contribution in [3.8, 4) is 5.75 Å². The summed E-state index contributed by atoms with van der Waals surface area (Å²) in [6.07, 6.45) is 0.539. The van der Waals surface area contributed by atoms with E-state index in [1.165, 1.54) is 0 Å². The molecule has 17 heavy (non-hydrogen) atoms. The molecule has 1 amide bonds. The molecule has 1 aromatic rings. The zero-order valence-electron chi connectivity index (χ0n) is 9.30. The van der Waals surface area contributed by atoms with Gasteiger partial charge in [0.2, 0.25) is 0 Å². The second-order valence-corrected chi connectivity index (χ2v) is 4.37. The van der Waals surface area contributed by atoms with Crippen LogP contribution in [0.5, 0.6) is 5.75 Å². The Morgan fingerprint density at radius 2 is 2.12 bits per heavy atom. The summed E-state index contributed by atoms with van der Waals surface area (Å²) < 4.78 is 5.35. The number of fused-ring (bicyclic) bond motifs is 1. The number of rotatable bonds is 1. The molecule has 2 saturated heterocycles. The highest BCUT2D eigenvalue weighted by Gasteiger charge is 2.43. The maximum Gasteiger partial charge on any atom is 0.415 e. The summed E-state index contributed by atoms with van der Waals surface area (Å²) in [5.41, 5.74) is 0.768. The molecule has 0 aliphatic carbocycles. The third kappa shape index (κ3) is 1.72. The minimum absolute atomic E-state index is 0.0162. The molecule has 2 aliphatic heterocycles. The Morgan fingerprint density at radius 1 is 1.35 bits per heavy atom. The number of ether oxygens (including phenoxy) is 1. The summed E-state index contributed by atoms with van der Waals surface area (Å²) in [7, 11) is 0. The Labute approximate surface area is 99.0 Å². The van der Waals surface area contributed by atoms with Crippen LogP contribution in [0.25, 0.3) is 0 Å². The van der Waals surface area contributed by atoms with Crippen LogP contribution in [0.15, 0.2) is 24.3 Å². The number of nitrogens with zero attached hydrogens (tertiary/aromatic N) is 1. The smallest absolute Gasteiger partial charge is 0.415 e. The molecule has 5 heteroatoms. The lowest BCUT2D eigenvalue weighted by molar-refractivity contribution is 0.117. The van der Waals surface area contributed by atoms with Crippen LogP contribution in [0.3, 0.4) is 0 Å². The molecule has 0 aromatic heterocycles. The number of phenolic OH excluding ortho intramolecular Hbond substituents is 1. The zero-order valence-corrected chi connectivity index (χ0v) is 9.30. The van der Waals surface area contributed by atoms with Gasteiger partial charge in [-0.2, -0.15) is 0 Å². The predicted octanol–water partition coefficient (Wildman–Crippen LogP) is 1.08. The Hall–Kier alpha value is -1.75. The number of benzene rings is 1. The Balaban J connectivity index is 1.90. The van der Waals surface area contributed by atoms with E-state index in [0.29, 0.717) is 0 Å². The molecule has 0 radical (unpaired) electrons. The second kappa shape index (κ2) is 3.92. The highest BCUT2D eigenvalue weighted by Crippen LogP contribution is 2.30. The molecule has 3 rings (SSSR count). The maximum atomic E-state index is 11.8. The predicted molar refractivity (Wildman–Crippen MR) is 62.1 cm³/mol. The number of amides is 1. The summed E-state index contributed by atoms with van der Waals surface area (Å²) in [6, 6.07) is 6.67. The number of carbonyl (C=O) groups excluding carboxylic acids is 1. The highest BCUT2D eigenvalue weighted by molar-refractivity contribution is 5.90. The van der Waals surface area contributed by atoms with E-state index in [1.54, 1.807) is 29.2 Å². The molecule has 0 spiro atoms. The molecule has 0 saturated carbocycles. The van der Waals surface area contributed by atoms with E-state index < -0.39 is 0 Å². The maximum absolute atomic E-state index is 11.8. The van der Waals surface area contributed by atoms with E-state index in [-0.39, 0.29) is 24.0 Å². The van der Waals surface area contributed by atoms with Gasteiger partial charge in [-0.1, -0.05) is 0 Å². The van der Waals surface area contributed by atoms with Crippen LogP contribution in [0, 0.1) is 0 Å². The standard InChI is InChI=1S/C12H14N2O3/c15-9-3-1-8(2-4-9)14-10-7-13-6-5-11(10)17-12(14)16/h1-4,10-11,13,15H,5-7H2. The molecule has 2 heterocycles. The Bertz CT molecular complexity index is 432. The number of hydrogen-bond donors (Lipinski definition) is 2. The van der Waals surface area contributed by atoms with Crippen molar-refractivity contribution in [2.24, 2.45) is 0 Å². The topological polar surface area (TPSA) is 61.8 Å². The molecule has 2 aliphatic rings. The molecule has 90 valence electrons. The van der Waals surface area contributed by atoms with E-state index in [0.717, 1.165) is 25.2 Å². The van der Waals surface area contributed by atoms with Crippen molar-refractivity contribution in [2.75, 3.05) is 18.0 Å². The van der Waals surface area contributed by atoms with Crippen molar-refractivity contribution in [1.29, 1.82) is 0 Å². The average molecular weight is 234 g/mol. The first-order valence-electron chi connectivity index (χ1n) is 5.75. The summed E-state index contributed by atoms with van der Waals surface area (Å²) in [6.45, 7) is 1.63. The van der Waals surface area contributed by atoms with Crippen molar-refractivity contribution in [3.05, 3.63) is 24.3 Å². The number of hydrogen-bond acceptors (Lipinski definition) is 4. The molecule has 1 aromatic carbocycles. The molecule has 0 bridgehead atoms. The summed E-state index contributed by atoms with van der Waals surface area (Å²) >= 11 is 0. The first-order chi connectivity index (χ1) is 8.25. The summed E-state index contributed by atoms with van der Waals surface area (Å²) in [5, 5.41) is 12.5. The highest BCUT2D eigenvalue weighted by atomic mass is 16.6. The van der Waals surface area contributed by atoms with Gasteiger partial charge >= 0.3 is 6.09 Å². The zero-order chi connectivity index (χ0) is 11.8. The van der Waals surface area contributed by atoms with Gasteiger partial charge in [0.25, 0.3) is 0 Å². The Morgan fingerprint density at radius 3 is 2.88 bits per heavy atom. The van der Waals surface area contributed by atoms with Crippen molar-refractivity contribution < 1.29 is 14.6 Å². The third-order valence-corrected chi connectivity index (χ3v) is 3.30. The Kier molecular flexibility index (Phi) is 2.40. The monoisotopic (exact) mass is 234 g/mol.